The SMILES string of the molecule is O=C1C[CH]C([N+](=O)[O-])N1. The highest BCUT2D eigenvalue weighted by Crippen LogP contribution is 2.04. The van der Waals surface area contributed by atoms with E-state index in [2.05, 4.69) is 5.32 Å². The largest absolute Gasteiger partial charge is 0.294 e. The minimum Gasteiger partial charge on any atom is -0.294 e. The summed E-state index contributed by atoms with van der Waals surface area (Å²) in [5.41, 5.74) is 0. The molecule has 0 saturated carbocycles. The molecule has 0 aliphatic carbocycles. The highest BCUT2D eigenvalue weighted by molar-refractivity contribution is 5.80. The zero-order chi connectivity index (χ0) is 6.85. The van der Waals surface area contributed by atoms with Crippen LogP contribution in [0.2, 0.25) is 0 Å². The van der Waals surface area contributed by atoms with Crippen molar-refractivity contribution in [2.45, 2.75) is 12.6 Å². The molecule has 1 saturated heterocycles. The standard InChI is InChI=1S/C4H5N2O3/c7-4-2-1-3(5-4)6(8)9/h1,3H,2H2,(H,5,7). The fourth-order valence-electron chi connectivity index (χ4n) is 0.640. The van der Waals surface area contributed by atoms with Gasteiger partial charge < -0.3 is 0 Å². The highest BCUT2D eigenvalue weighted by Gasteiger charge is 2.29. The number of rotatable bonds is 1. The summed E-state index contributed by atoms with van der Waals surface area (Å²) in [4.78, 5) is 19.7. The van der Waals surface area contributed by atoms with Crippen LogP contribution in [0.5, 0.6) is 0 Å². The van der Waals surface area contributed by atoms with Crippen molar-refractivity contribution in [3.63, 3.8) is 0 Å². The van der Waals surface area contributed by atoms with Gasteiger partial charge in [0.15, 0.2) is 0 Å². The summed E-state index contributed by atoms with van der Waals surface area (Å²) in [6.07, 6.45) is 0.533. The van der Waals surface area contributed by atoms with Crippen LogP contribution < -0.4 is 5.32 Å². The van der Waals surface area contributed by atoms with Gasteiger partial charge in [-0.3, -0.25) is 20.2 Å². The van der Waals surface area contributed by atoms with Gasteiger partial charge in [-0.25, -0.2) is 0 Å². The summed E-state index contributed by atoms with van der Waals surface area (Å²) in [7, 11) is 0. The van der Waals surface area contributed by atoms with Crippen LogP contribution >= 0.6 is 0 Å². The van der Waals surface area contributed by atoms with Gasteiger partial charge in [-0.1, -0.05) is 0 Å². The van der Waals surface area contributed by atoms with E-state index in [4.69, 9.17) is 0 Å². The Kier molecular flexibility index (Phi) is 1.33. The Bertz CT molecular complexity index is 156. The van der Waals surface area contributed by atoms with Crippen LogP contribution in [-0.4, -0.2) is 17.0 Å². The molecule has 1 amide bonds. The molecule has 5 nitrogen and oxygen atoms in total. The van der Waals surface area contributed by atoms with Crippen molar-refractivity contribution in [3.8, 4) is 0 Å². The normalized spacial score (nSPS) is 25.8. The molecule has 5 heteroatoms. The van der Waals surface area contributed by atoms with E-state index in [9.17, 15) is 14.9 Å². The van der Waals surface area contributed by atoms with Crippen LogP contribution in [0.3, 0.4) is 0 Å². The molecule has 49 valence electrons. The second-order valence-corrected chi connectivity index (χ2v) is 1.74. The fourth-order valence-corrected chi connectivity index (χ4v) is 0.640. The van der Waals surface area contributed by atoms with Crippen molar-refractivity contribution in [3.05, 3.63) is 16.5 Å². The Labute approximate surface area is 51.2 Å². The lowest BCUT2D eigenvalue weighted by atomic mass is 10.3. The highest BCUT2D eigenvalue weighted by atomic mass is 16.6. The molecule has 1 atom stereocenters. The van der Waals surface area contributed by atoms with Crippen molar-refractivity contribution >= 4 is 5.91 Å². The zero-order valence-corrected chi connectivity index (χ0v) is 4.53. The Morgan fingerprint density at radius 3 is 2.78 bits per heavy atom. The third-order valence-electron chi connectivity index (χ3n) is 1.06. The van der Waals surface area contributed by atoms with E-state index < -0.39 is 11.1 Å². The van der Waals surface area contributed by atoms with Gasteiger partial charge in [-0.15, -0.1) is 0 Å². The molecule has 1 fully saturated rings. The number of amides is 1. The average molecular weight is 129 g/mol. The molecule has 0 aromatic carbocycles. The van der Waals surface area contributed by atoms with E-state index in [1.54, 1.807) is 0 Å². The molecular weight excluding hydrogens is 124 g/mol. The lowest BCUT2D eigenvalue weighted by Gasteiger charge is -1.96. The average Bonchev–Trinajstić information content (AvgIpc) is 2.14. The second-order valence-electron chi connectivity index (χ2n) is 1.74. The number of nitrogens with one attached hydrogen (secondary N) is 1. The molecule has 1 N–H and O–H groups in total. The molecule has 0 bridgehead atoms. The number of carbonyl (C=O) groups excluding carboxylic acids is 1. The first-order chi connectivity index (χ1) is 4.20. The minimum atomic E-state index is -0.961. The van der Waals surface area contributed by atoms with Crippen LogP contribution in [-0.2, 0) is 4.79 Å². The van der Waals surface area contributed by atoms with Crippen molar-refractivity contribution in [1.82, 2.24) is 5.32 Å². The predicted octanol–water partition coefficient (Wildman–Crippen LogP) is -0.687. The third kappa shape index (κ3) is 1.16. The number of hydrogen-bond donors (Lipinski definition) is 1. The molecular formula is C4H5N2O3. The van der Waals surface area contributed by atoms with Crippen molar-refractivity contribution in [2.24, 2.45) is 0 Å². The van der Waals surface area contributed by atoms with Gasteiger partial charge in [0.2, 0.25) is 5.91 Å². The molecule has 1 aliphatic heterocycles. The van der Waals surface area contributed by atoms with E-state index in [0.717, 1.165) is 0 Å². The van der Waals surface area contributed by atoms with E-state index in [0.29, 0.717) is 0 Å². The quantitative estimate of drug-likeness (QED) is 0.376. The second kappa shape index (κ2) is 2.00. The minimum absolute atomic E-state index is 0.158. The van der Waals surface area contributed by atoms with E-state index in [-0.39, 0.29) is 12.3 Å². The van der Waals surface area contributed by atoms with Crippen LogP contribution in [0.15, 0.2) is 0 Å². The van der Waals surface area contributed by atoms with Gasteiger partial charge in [-0.05, 0) is 0 Å². The fraction of sp³-hybridized carbons (Fsp3) is 0.500. The first kappa shape index (κ1) is 6.00. The Balaban J connectivity index is 2.48. The van der Waals surface area contributed by atoms with Crippen LogP contribution in [0.1, 0.15) is 6.42 Å². The van der Waals surface area contributed by atoms with Crippen molar-refractivity contribution in [1.29, 1.82) is 0 Å². The molecule has 1 unspecified atom stereocenters. The molecule has 0 aromatic heterocycles. The van der Waals surface area contributed by atoms with Gasteiger partial charge in [0.25, 0.3) is 6.17 Å². The molecule has 0 aromatic rings. The summed E-state index contributed by atoms with van der Waals surface area (Å²) in [6.45, 7) is 0. The number of nitrogens with zero attached hydrogens (tertiary/aromatic N) is 1. The Morgan fingerprint density at radius 2 is 2.56 bits per heavy atom. The number of hydrogen-bond acceptors (Lipinski definition) is 3. The maximum absolute atomic E-state index is 10.3. The van der Waals surface area contributed by atoms with Crippen LogP contribution in [0, 0.1) is 16.5 Å². The van der Waals surface area contributed by atoms with Gasteiger partial charge in [0, 0.05) is 11.3 Å². The van der Waals surface area contributed by atoms with Gasteiger partial charge in [0.05, 0.1) is 6.42 Å². The maximum Gasteiger partial charge on any atom is 0.290 e. The van der Waals surface area contributed by atoms with Gasteiger partial charge >= 0.3 is 0 Å². The predicted molar refractivity (Wildman–Crippen MR) is 27.8 cm³/mol. The summed E-state index contributed by atoms with van der Waals surface area (Å²) < 4.78 is 0. The summed E-state index contributed by atoms with van der Waals surface area (Å²) in [5.74, 6) is -0.281. The lowest BCUT2D eigenvalue weighted by molar-refractivity contribution is -0.515. The molecule has 1 radical (unpaired) electrons. The maximum atomic E-state index is 10.3. The van der Waals surface area contributed by atoms with Crippen LogP contribution in [0.25, 0.3) is 0 Å². The van der Waals surface area contributed by atoms with Crippen molar-refractivity contribution < 1.29 is 9.72 Å². The smallest absolute Gasteiger partial charge is 0.290 e. The molecule has 1 rings (SSSR count). The van der Waals surface area contributed by atoms with Crippen LogP contribution in [0.4, 0.5) is 0 Å². The summed E-state index contributed by atoms with van der Waals surface area (Å²) in [5, 5.41) is 12.1. The van der Waals surface area contributed by atoms with Gasteiger partial charge in [0.1, 0.15) is 0 Å². The monoisotopic (exact) mass is 129 g/mol. The van der Waals surface area contributed by atoms with E-state index in [1.807, 2.05) is 0 Å². The number of carbonyl (C=O) groups is 1. The van der Waals surface area contributed by atoms with E-state index >= 15 is 0 Å². The summed E-state index contributed by atoms with van der Waals surface area (Å²) in [6, 6.07) is 0. The lowest BCUT2D eigenvalue weighted by Crippen LogP contribution is -2.32. The first-order valence-electron chi connectivity index (χ1n) is 2.46. The topological polar surface area (TPSA) is 72.2 Å². The molecule has 9 heavy (non-hydrogen) atoms. The summed E-state index contributed by atoms with van der Waals surface area (Å²) >= 11 is 0. The first-order valence-corrected chi connectivity index (χ1v) is 2.46. The third-order valence-corrected chi connectivity index (χ3v) is 1.06. The Hall–Kier alpha value is -1.13. The Morgan fingerprint density at radius 1 is 1.89 bits per heavy atom. The molecule has 1 aliphatic rings. The van der Waals surface area contributed by atoms with Gasteiger partial charge in [-0.2, -0.15) is 0 Å². The zero-order valence-electron chi connectivity index (χ0n) is 4.53. The van der Waals surface area contributed by atoms with E-state index in [1.165, 1.54) is 6.42 Å². The van der Waals surface area contributed by atoms with Crippen molar-refractivity contribution in [2.75, 3.05) is 0 Å². The number of nitro groups is 1. The molecule has 0 spiro atoms. The molecule has 1 heterocycles.